The number of aliphatic hydroxyl groups is 1. The number of aromatic nitrogens is 1. The van der Waals surface area contributed by atoms with Crippen LogP contribution in [-0.4, -0.2) is 33.1 Å². The summed E-state index contributed by atoms with van der Waals surface area (Å²) in [5.74, 6) is 0.106. The van der Waals surface area contributed by atoms with Crippen molar-refractivity contribution in [3.63, 3.8) is 0 Å². The van der Waals surface area contributed by atoms with Gasteiger partial charge in [0.2, 0.25) is 5.88 Å². The van der Waals surface area contributed by atoms with E-state index in [9.17, 15) is 13.3 Å². The van der Waals surface area contributed by atoms with Crippen molar-refractivity contribution in [3.05, 3.63) is 34.4 Å². The molecule has 0 fully saturated rings. The standard InChI is InChI=1S/C12H11BrF2NO5P/c13-10-4-8-6-16-11(21-2-1-17)5-7(8)3-9(10)12(14,15)22(18,19)20/h3-6,17H,1-2H2,(H2,18,19,20). The van der Waals surface area contributed by atoms with Gasteiger partial charge in [-0.05, 0) is 17.5 Å². The van der Waals surface area contributed by atoms with Crippen molar-refractivity contribution in [2.45, 2.75) is 5.66 Å². The Morgan fingerprint density at radius 3 is 2.55 bits per heavy atom. The molecule has 0 aliphatic rings. The number of ether oxygens (including phenoxy) is 1. The Balaban J connectivity index is 2.57. The molecule has 6 nitrogen and oxygen atoms in total. The van der Waals surface area contributed by atoms with E-state index >= 15 is 0 Å². The first-order valence-electron chi connectivity index (χ1n) is 5.93. The molecular weight excluding hydrogens is 387 g/mol. The zero-order chi connectivity index (χ0) is 16.5. The molecule has 10 heteroatoms. The number of rotatable bonds is 5. The van der Waals surface area contributed by atoms with Gasteiger partial charge < -0.3 is 19.6 Å². The second-order valence-electron chi connectivity index (χ2n) is 4.36. The number of pyridine rings is 1. The van der Waals surface area contributed by atoms with Crippen molar-refractivity contribution in [1.29, 1.82) is 0 Å². The van der Waals surface area contributed by atoms with Gasteiger partial charge in [-0.1, -0.05) is 15.9 Å². The maximum atomic E-state index is 13.9. The van der Waals surface area contributed by atoms with E-state index in [1.807, 2.05) is 0 Å². The number of hydrogen-bond acceptors (Lipinski definition) is 4. The molecule has 0 saturated heterocycles. The molecule has 0 radical (unpaired) electrons. The van der Waals surface area contributed by atoms with E-state index < -0.39 is 18.8 Å². The molecule has 120 valence electrons. The summed E-state index contributed by atoms with van der Waals surface area (Å²) >= 11 is 2.89. The molecule has 0 atom stereocenters. The Hall–Kier alpha value is -1.12. The van der Waals surface area contributed by atoms with Gasteiger partial charge in [0.05, 0.1) is 6.61 Å². The molecule has 0 amide bonds. The number of fused-ring (bicyclic) bond motifs is 1. The first-order valence-corrected chi connectivity index (χ1v) is 8.34. The molecule has 22 heavy (non-hydrogen) atoms. The highest BCUT2D eigenvalue weighted by Crippen LogP contribution is 2.60. The molecule has 2 rings (SSSR count). The van der Waals surface area contributed by atoms with Crippen LogP contribution in [0, 0.1) is 0 Å². The summed E-state index contributed by atoms with van der Waals surface area (Å²) in [6.07, 6.45) is 1.37. The number of aliphatic hydroxyl groups excluding tert-OH is 1. The van der Waals surface area contributed by atoms with Crippen LogP contribution in [0.25, 0.3) is 10.8 Å². The predicted octanol–water partition coefficient (Wildman–Crippen LogP) is 2.60. The molecule has 1 aromatic carbocycles. The second kappa shape index (κ2) is 6.17. The highest BCUT2D eigenvalue weighted by atomic mass is 79.9. The van der Waals surface area contributed by atoms with Crippen LogP contribution >= 0.6 is 23.5 Å². The molecule has 1 aromatic heterocycles. The minimum atomic E-state index is -5.67. The molecule has 0 bridgehead atoms. The van der Waals surface area contributed by atoms with Crippen LogP contribution in [0.15, 0.2) is 28.9 Å². The van der Waals surface area contributed by atoms with Gasteiger partial charge in [0.25, 0.3) is 0 Å². The van der Waals surface area contributed by atoms with Gasteiger partial charge >= 0.3 is 13.3 Å². The SMILES string of the molecule is O=P(O)(O)C(F)(F)c1cc2cc(OCCO)ncc2cc1Br. The lowest BCUT2D eigenvalue weighted by Crippen LogP contribution is -2.14. The third kappa shape index (κ3) is 3.28. The molecule has 0 aliphatic heterocycles. The molecule has 0 aliphatic carbocycles. The van der Waals surface area contributed by atoms with Gasteiger partial charge in [-0.3, -0.25) is 4.57 Å². The number of nitrogens with zero attached hydrogens (tertiary/aromatic N) is 1. The average Bonchev–Trinajstić information content (AvgIpc) is 2.43. The topological polar surface area (TPSA) is 99.9 Å². The van der Waals surface area contributed by atoms with Gasteiger partial charge in [0.1, 0.15) is 6.61 Å². The van der Waals surface area contributed by atoms with E-state index in [0.717, 1.165) is 6.07 Å². The Morgan fingerprint density at radius 2 is 1.95 bits per heavy atom. The van der Waals surface area contributed by atoms with Crippen molar-refractivity contribution in [2.75, 3.05) is 13.2 Å². The zero-order valence-electron chi connectivity index (χ0n) is 10.9. The lowest BCUT2D eigenvalue weighted by atomic mass is 10.1. The van der Waals surface area contributed by atoms with Crippen molar-refractivity contribution in [3.8, 4) is 5.88 Å². The van der Waals surface area contributed by atoms with Crippen molar-refractivity contribution in [1.82, 2.24) is 4.98 Å². The lowest BCUT2D eigenvalue weighted by Gasteiger charge is -2.19. The van der Waals surface area contributed by atoms with Gasteiger partial charge in [0.15, 0.2) is 0 Å². The van der Waals surface area contributed by atoms with Crippen LogP contribution < -0.4 is 4.74 Å². The number of halogens is 3. The molecule has 3 N–H and O–H groups in total. The van der Waals surface area contributed by atoms with Gasteiger partial charge in [-0.2, -0.15) is 8.78 Å². The van der Waals surface area contributed by atoms with Gasteiger partial charge in [0, 0.05) is 27.7 Å². The minimum absolute atomic E-state index is 0.0134. The second-order valence-corrected chi connectivity index (χ2v) is 6.86. The smallest absolute Gasteiger partial charge is 0.399 e. The average molecular weight is 398 g/mol. The molecule has 0 saturated carbocycles. The summed E-state index contributed by atoms with van der Waals surface area (Å²) in [4.78, 5) is 21.6. The highest BCUT2D eigenvalue weighted by Gasteiger charge is 2.51. The highest BCUT2D eigenvalue weighted by molar-refractivity contribution is 9.10. The summed E-state index contributed by atoms with van der Waals surface area (Å²) in [5, 5.41) is 9.43. The summed E-state index contributed by atoms with van der Waals surface area (Å²) in [6.45, 7) is -0.248. The Morgan fingerprint density at radius 1 is 1.27 bits per heavy atom. The Kier molecular flexibility index (Phi) is 4.84. The Labute approximate surface area is 132 Å². The third-order valence-electron chi connectivity index (χ3n) is 2.81. The summed E-state index contributed by atoms with van der Waals surface area (Å²) in [7, 11) is -5.67. The third-order valence-corrected chi connectivity index (χ3v) is 4.44. The molecule has 1 heterocycles. The maximum Gasteiger partial charge on any atom is 0.399 e. The number of benzene rings is 1. The zero-order valence-corrected chi connectivity index (χ0v) is 13.4. The normalized spacial score (nSPS) is 12.6. The predicted molar refractivity (Wildman–Crippen MR) is 78.0 cm³/mol. The van der Waals surface area contributed by atoms with E-state index in [1.165, 1.54) is 18.3 Å². The number of alkyl halides is 2. The molecule has 0 spiro atoms. The van der Waals surface area contributed by atoms with Gasteiger partial charge in [-0.15, -0.1) is 0 Å². The van der Waals surface area contributed by atoms with E-state index in [0.29, 0.717) is 5.39 Å². The fourth-order valence-corrected chi connectivity index (χ4v) is 3.02. The first-order chi connectivity index (χ1) is 10.2. The first kappa shape index (κ1) is 17.2. The fraction of sp³-hybridized carbons (Fsp3) is 0.250. The van der Waals surface area contributed by atoms with Crippen LogP contribution in [0.4, 0.5) is 8.78 Å². The van der Waals surface area contributed by atoms with Crippen molar-refractivity contribution in [2.24, 2.45) is 0 Å². The molecule has 0 unspecified atom stereocenters. The van der Waals surface area contributed by atoms with E-state index in [4.69, 9.17) is 19.6 Å². The van der Waals surface area contributed by atoms with Crippen molar-refractivity contribution >= 4 is 34.3 Å². The minimum Gasteiger partial charge on any atom is -0.475 e. The lowest BCUT2D eigenvalue weighted by molar-refractivity contribution is 0.0558. The fourth-order valence-electron chi connectivity index (χ4n) is 1.76. The number of hydrogen-bond donors (Lipinski definition) is 3. The van der Waals surface area contributed by atoms with E-state index in [-0.39, 0.29) is 29.0 Å². The van der Waals surface area contributed by atoms with Crippen molar-refractivity contribution < 1.29 is 33.0 Å². The van der Waals surface area contributed by atoms with Crippen LogP contribution in [0.5, 0.6) is 5.88 Å². The summed E-state index contributed by atoms with van der Waals surface area (Å²) < 4.78 is 43.7. The monoisotopic (exact) mass is 397 g/mol. The quantitative estimate of drug-likeness (QED) is 0.670. The largest absolute Gasteiger partial charge is 0.475 e. The van der Waals surface area contributed by atoms with Crippen LogP contribution in [0.1, 0.15) is 5.56 Å². The summed E-state index contributed by atoms with van der Waals surface area (Å²) in [5.41, 5.74) is -5.15. The van der Waals surface area contributed by atoms with E-state index in [2.05, 4.69) is 20.9 Å². The maximum absolute atomic E-state index is 13.9. The Bertz CT molecular complexity index is 752. The van der Waals surface area contributed by atoms with E-state index in [1.54, 1.807) is 0 Å². The van der Waals surface area contributed by atoms with Crippen LogP contribution in [0.2, 0.25) is 0 Å². The van der Waals surface area contributed by atoms with Crippen LogP contribution in [0.3, 0.4) is 0 Å². The van der Waals surface area contributed by atoms with Crippen LogP contribution in [-0.2, 0) is 10.2 Å². The molecular formula is C12H11BrF2NO5P. The van der Waals surface area contributed by atoms with Gasteiger partial charge in [-0.25, -0.2) is 4.98 Å². The molecule has 2 aromatic rings. The summed E-state index contributed by atoms with van der Waals surface area (Å²) in [6, 6.07) is 3.60.